The van der Waals surface area contributed by atoms with Crippen LogP contribution in [0.1, 0.15) is 24.2 Å². The van der Waals surface area contributed by atoms with Crippen LogP contribution in [-0.4, -0.2) is 31.7 Å². The van der Waals surface area contributed by atoms with E-state index in [1.54, 1.807) is 50.2 Å². The van der Waals surface area contributed by atoms with E-state index in [0.29, 0.717) is 24.3 Å². The Bertz CT molecular complexity index is 752. The van der Waals surface area contributed by atoms with Gasteiger partial charge in [0, 0.05) is 24.3 Å². The fourth-order valence-corrected chi connectivity index (χ4v) is 3.67. The van der Waals surface area contributed by atoms with E-state index in [-0.39, 0.29) is 10.8 Å². The molecule has 0 atom stereocenters. The van der Waals surface area contributed by atoms with Crippen LogP contribution in [0.2, 0.25) is 0 Å². The molecule has 2 aromatic rings. The number of amides is 1. The standard InChI is InChI=1S/C17H20N2O3S/c1-3-19(4-2)23(21,22)16-12-10-15(11-13-16)18-17(20)14-8-6-5-7-9-14/h5-13H,3-4H2,1-2H3,(H,18,20). The maximum absolute atomic E-state index is 12.4. The minimum atomic E-state index is -3.48. The second-order valence-electron chi connectivity index (χ2n) is 4.93. The van der Waals surface area contributed by atoms with Crippen LogP contribution in [0.5, 0.6) is 0 Å². The summed E-state index contributed by atoms with van der Waals surface area (Å²) in [6.07, 6.45) is 0. The van der Waals surface area contributed by atoms with E-state index >= 15 is 0 Å². The summed E-state index contributed by atoms with van der Waals surface area (Å²) in [6, 6.07) is 15.0. The molecule has 122 valence electrons. The normalized spacial score (nSPS) is 11.4. The van der Waals surface area contributed by atoms with Crippen LogP contribution in [0.4, 0.5) is 5.69 Å². The Labute approximate surface area is 137 Å². The Balaban J connectivity index is 2.15. The van der Waals surface area contributed by atoms with Gasteiger partial charge in [0.2, 0.25) is 10.0 Å². The Morgan fingerprint density at radius 1 is 0.957 bits per heavy atom. The van der Waals surface area contributed by atoms with Crippen molar-refractivity contribution in [3.63, 3.8) is 0 Å². The molecule has 2 rings (SSSR count). The van der Waals surface area contributed by atoms with E-state index in [1.807, 2.05) is 6.07 Å². The highest BCUT2D eigenvalue weighted by molar-refractivity contribution is 7.89. The van der Waals surface area contributed by atoms with Crippen molar-refractivity contribution in [3.05, 3.63) is 60.2 Å². The second-order valence-corrected chi connectivity index (χ2v) is 6.87. The van der Waals surface area contributed by atoms with Crippen molar-refractivity contribution in [2.24, 2.45) is 0 Å². The number of rotatable bonds is 6. The van der Waals surface area contributed by atoms with Gasteiger partial charge in [0.1, 0.15) is 0 Å². The fraction of sp³-hybridized carbons (Fsp3) is 0.235. The van der Waals surface area contributed by atoms with Gasteiger partial charge in [-0.05, 0) is 36.4 Å². The minimum Gasteiger partial charge on any atom is -0.322 e. The first-order valence-corrected chi connectivity index (χ1v) is 8.89. The van der Waals surface area contributed by atoms with E-state index < -0.39 is 10.0 Å². The van der Waals surface area contributed by atoms with Crippen LogP contribution in [-0.2, 0) is 10.0 Å². The van der Waals surface area contributed by atoms with Crippen molar-refractivity contribution in [2.45, 2.75) is 18.7 Å². The second kappa shape index (κ2) is 7.39. The Morgan fingerprint density at radius 3 is 2.04 bits per heavy atom. The number of hydrogen-bond acceptors (Lipinski definition) is 3. The topological polar surface area (TPSA) is 66.5 Å². The van der Waals surface area contributed by atoms with Gasteiger partial charge in [-0.1, -0.05) is 32.0 Å². The number of anilines is 1. The fourth-order valence-electron chi connectivity index (χ4n) is 2.22. The van der Waals surface area contributed by atoms with Gasteiger partial charge in [0.25, 0.3) is 5.91 Å². The summed E-state index contributed by atoms with van der Waals surface area (Å²) in [7, 11) is -3.48. The average molecular weight is 332 g/mol. The van der Waals surface area contributed by atoms with Crippen molar-refractivity contribution in [1.82, 2.24) is 4.31 Å². The van der Waals surface area contributed by atoms with Crippen molar-refractivity contribution >= 4 is 21.6 Å². The van der Waals surface area contributed by atoms with Crippen molar-refractivity contribution < 1.29 is 13.2 Å². The van der Waals surface area contributed by atoms with E-state index in [0.717, 1.165) is 0 Å². The summed E-state index contributed by atoms with van der Waals surface area (Å²) in [5.74, 6) is -0.232. The number of nitrogens with zero attached hydrogens (tertiary/aromatic N) is 1. The van der Waals surface area contributed by atoms with Crippen LogP contribution >= 0.6 is 0 Å². The maximum atomic E-state index is 12.4. The molecule has 0 heterocycles. The first-order valence-electron chi connectivity index (χ1n) is 7.45. The van der Waals surface area contributed by atoms with Crippen LogP contribution in [0, 0.1) is 0 Å². The smallest absolute Gasteiger partial charge is 0.255 e. The highest BCUT2D eigenvalue weighted by atomic mass is 32.2. The molecule has 0 radical (unpaired) electrons. The van der Waals surface area contributed by atoms with Gasteiger partial charge in [0.15, 0.2) is 0 Å². The van der Waals surface area contributed by atoms with Gasteiger partial charge < -0.3 is 5.32 Å². The Kier molecular flexibility index (Phi) is 5.52. The largest absolute Gasteiger partial charge is 0.322 e. The third-order valence-electron chi connectivity index (χ3n) is 3.49. The van der Waals surface area contributed by atoms with Gasteiger partial charge in [0.05, 0.1) is 4.90 Å². The Hall–Kier alpha value is -2.18. The molecule has 0 saturated carbocycles. The van der Waals surface area contributed by atoms with E-state index in [1.165, 1.54) is 16.4 Å². The number of carbonyl (C=O) groups is 1. The lowest BCUT2D eigenvalue weighted by atomic mass is 10.2. The minimum absolute atomic E-state index is 0.221. The first-order chi connectivity index (χ1) is 11.0. The van der Waals surface area contributed by atoms with Gasteiger partial charge in [-0.15, -0.1) is 0 Å². The van der Waals surface area contributed by atoms with Crippen molar-refractivity contribution in [3.8, 4) is 0 Å². The lowest BCUT2D eigenvalue weighted by Crippen LogP contribution is -2.30. The summed E-state index contributed by atoms with van der Waals surface area (Å²) in [6.45, 7) is 4.45. The summed E-state index contributed by atoms with van der Waals surface area (Å²) in [5, 5.41) is 2.75. The summed E-state index contributed by atoms with van der Waals surface area (Å²) < 4.78 is 26.2. The Morgan fingerprint density at radius 2 is 1.52 bits per heavy atom. The molecule has 1 N–H and O–H groups in total. The quantitative estimate of drug-likeness (QED) is 0.884. The average Bonchev–Trinajstić information content (AvgIpc) is 2.57. The molecule has 0 unspecified atom stereocenters. The summed E-state index contributed by atoms with van der Waals surface area (Å²) >= 11 is 0. The molecule has 0 aromatic heterocycles. The zero-order chi connectivity index (χ0) is 16.9. The molecule has 1 amide bonds. The van der Waals surface area contributed by atoms with E-state index in [9.17, 15) is 13.2 Å². The van der Waals surface area contributed by atoms with Gasteiger partial charge in [-0.3, -0.25) is 4.79 Å². The predicted molar refractivity (Wildman–Crippen MR) is 90.9 cm³/mol. The first kappa shape index (κ1) is 17.2. The molecular weight excluding hydrogens is 312 g/mol. The number of benzene rings is 2. The zero-order valence-corrected chi connectivity index (χ0v) is 14.0. The summed E-state index contributed by atoms with van der Waals surface area (Å²) in [5.41, 5.74) is 1.10. The molecule has 0 spiro atoms. The molecule has 0 saturated heterocycles. The number of nitrogens with one attached hydrogen (secondary N) is 1. The van der Waals surface area contributed by atoms with Gasteiger partial charge in [-0.25, -0.2) is 8.42 Å². The molecule has 6 heteroatoms. The van der Waals surface area contributed by atoms with E-state index in [2.05, 4.69) is 5.32 Å². The van der Waals surface area contributed by atoms with E-state index in [4.69, 9.17) is 0 Å². The molecule has 0 aliphatic carbocycles. The SMILES string of the molecule is CCN(CC)S(=O)(=O)c1ccc(NC(=O)c2ccccc2)cc1. The third kappa shape index (κ3) is 3.97. The third-order valence-corrected chi connectivity index (χ3v) is 5.56. The molecule has 5 nitrogen and oxygen atoms in total. The molecular formula is C17H20N2O3S. The maximum Gasteiger partial charge on any atom is 0.255 e. The molecule has 23 heavy (non-hydrogen) atoms. The monoisotopic (exact) mass is 332 g/mol. The molecule has 0 aliphatic heterocycles. The number of sulfonamides is 1. The number of hydrogen-bond donors (Lipinski definition) is 1. The summed E-state index contributed by atoms with van der Waals surface area (Å²) in [4.78, 5) is 12.3. The van der Waals surface area contributed by atoms with Crippen molar-refractivity contribution in [1.29, 1.82) is 0 Å². The van der Waals surface area contributed by atoms with Crippen LogP contribution in [0.3, 0.4) is 0 Å². The number of carbonyl (C=O) groups excluding carboxylic acids is 1. The van der Waals surface area contributed by atoms with Crippen LogP contribution < -0.4 is 5.32 Å². The lowest BCUT2D eigenvalue weighted by molar-refractivity contribution is 0.102. The molecule has 0 fully saturated rings. The van der Waals surface area contributed by atoms with Crippen LogP contribution in [0.15, 0.2) is 59.5 Å². The molecule has 0 aliphatic rings. The highest BCUT2D eigenvalue weighted by Crippen LogP contribution is 2.18. The highest BCUT2D eigenvalue weighted by Gasteiger charge is 2.21. The predicted octanol–water partition coefficient (Wildman–Crippen LogP) is 2.97. The zero-order valence-electron chi connectivity index (χ0n) is 13.2. The lowest BCUT2D eigenvalue weighted by Gasteiger charge is -2.18. The van der Waals surface area contributed by atoms with Crippen molar-refractivity contribution in [2.75, 3.05) is 18.4 Å². The van der Waals surface area contributed by atoms with Crippen LogP contribution in [0.25, 0.3) is 0 Å². The van der Waals surface area contributed by atoms with Gasteiger partial charge in [-0.2, -0.15) is 4.31 Å². The molecule has 2 aromatic carbocycles. The molecule has 0 bridgehead atoms. The van der Waals surface area contributed by atoms with Gasteiger partial charge >= 0.3 is 0 Å².